The minimum Gasteiger partial charge on any atom is -0.307 e. The Morgan fingerprint density at radius 3 is 2.69 bits per heavy atom. The SMILES string of the molecule is CC(NC1CC1)c1ccccc1Br. The van der Waals surface area contributed by atoms with Crippen molar-refractivity contribution in [3.8, 4) is 0 Å². The van der Waals surface area contributed by atoms with Crippen LogP contribution in [0.25, 0.3) is 0 Å². The molecule has 0 heterocycles. The maximum absolute atomic E-state index is 3.58. The van der Waals surface area contributed by atoms with Gasteiger partial charge in [-0.3, -0.25) is 0 Å². The smallest absolute Gasteiger partial charge is 0.0305 e. The summed E-state index contributed by atoms with van der Waals surface area (Å²) in [6, 6.07) is 9.64. The van der Waals surface area contributed by atoms with Gasteiger partial charge in [-0.25, -0.2) is 0 Å². The first-order valence-electron chi connectivity index (χ1n) is 4.78. The van der Waals surface area contributed by atoms with Crippen molar-refractivity contribution in [3.05, 3.63) is 34.3 Å². The summed E-state index contributed by atoms with van der Waals surface area (Å²) in [5.41, 5.74) is 1.36. The Morgan fingerprint density at radius 2 is 2.08 bits per heavy atom. The van der Waals surface area contributed by atoms with Crippen LogP contribution in [0.4, 0.5) is 0 Å². The molecule has 1 saturated carbocycles. The van der Waals surface area contributed by atoms with Crippen LogP contribution in [0.15, 0.2) is 28.7 Å². The molecule has 70 valence electrons. The lowest BCUT2D eigenvalue weighted by molar-refractivity contribution is 0.569. The van der Waals surface area contributed by atoms with Crippen molar-refractivity contribution in [2.24, 2.45) is 0 Å². The third-order valence-corrected chi connectivity index (χ3v) is 3.16. The van der Waals surface area contributed by atoms with Gasteiger partial charge in [0.1, 0.15) is 0 Å². The van der Waals surface area contributed by atoms with Crippen LogP contribution in [-0.4, -0.2) is 6.04 Å². The van der Waals surface area contributed by atoms with E-state index in [1.54, 1.807) is 0 Å². The fourth-order valence-electron chi connectivity index (χ4n) is 1.52. The lowest BCUT2D eigenvalue weighted by Crippen LogP contribution is -2.20. The number of halogens is 1. The van der Waals surface area contributed by atoms with E-state index in [0.717, 1.165) is 6.04 Å². The molecule has 0 aromatic heterocycles. The standard InChI is InChI=1S/C11H14BrN/c1-8(13-9-6-7-9)10-4-2-3-5-11(10)12/h2-5,8-9,13H,6-7H2,1H3. The molecule has 0 saturated heterocycles. The van der Waals surface area contributed by atoms with E-state index in [1.807, 2.05) is 0 Å². The molecule has 2 rings (SSSR count). The van der Waals surface area contributed by atoms with Gasteiger partial charge in [-0.05, 0) is 31.4 Å². The summed E-state index contributed by atoms with van der Waals surface area (Å²) >= 11 is 3.57. The molecule has 13 heavy (non-hydrogen) atoms. The van der Waals surface area contributed by atoms with Crippen LogP contribution >= 0.6 is 15.9 Å². The normalized spacial score (nSPS) is 18.6. The molecule has 0 amide bonds. The number of benzene rings is 1. The monoisotopic (exact) mass is 239 g/mol. The highest BCUT2D eigenvalue weighted by Gasteiger charge is 2.23. The van der Waals surface area contributed by atoms with Gasteiger partial charge < -0.3 is 5.32 Å². The Kier molecular flexibility index (Phi) is 2.70. The summed E-state index contributed by atoms with van der Waals surface area (Å²) in [6.07, 6.45) is 2.68. The van der Waals surface area contributed by atoms with Crippen molar-refractivity contribution < 1.29 is 0 Å². The van der Waals surface area contributed by atoms with Crippen LogP contribution in [-0.2, 0) is 0 Å². The molecule has 1 aromatic rings. The van der Waals surface area contributed by atoms with Crippen molar-refractivity contribution in [3.63, 3.8) is 0 Å². The second-order valence-corrected chi connectivity index (χ2v) is 4.54. The number of hydrogen-bond acceptors (Lipinski definition) is 1. The average molecular weight is 240 g/mol. The largest absolute Gasteiger partial charge is 0.307 e. The van der Waals surface area contributed by atoms with Gasteiger partial charge in [-0.2, -0.15) is 0 Å². The van der Waals surface area contributed by atoms with Crippen LogP contribution in [0.3, 0.4) is 0 Å². The average Bonchev–Trinajstić information content (AvgIpc) is 2.89. The van der Waals surface area contributed by atoms with Crippen LogP contribution in [0.2, 0.25) is 0 Å². The highest BCUT2D eigenvalue weighted by molar-refractivity contribution is 9.10. The zero-order valence-electron chi connectivity index (χ0n) is 7.76. The maximum atomic E-state index is 3.58. The second kappa shape index (κ2) is 3.81. The van der Waals surface area contributed by atoms with Gasteiger partial charge in [-0.1, -0.05) is 34.1 Å². The van der Waals surface area contributed by atoms with E-state index in [1.165, 1.54) is 22.9 Å². The zero-order chi connectivity index (χ0) is 9.26. The minimum absolute atomic E-state index is 0.461. The van der Waals surface area contributed by atoms with Crippen LogP contribution < -0.4 is 5.32 Å². The fraction of sp³-hybridized carbons (Fsp3) is 0.455. The molecule has 1 unspecified atom stereocenters. The number of nitrogens with one attached hydrogen (secondary N) is 1. The highest BCUT2D eigenvalue weighted by atomic mass is 79.9. The van der Waals surface area contributed by atoms with E-state index in [4.69, 9.17) is 0 Å². The molecule has 1 N–H and O–H groups in total. The van der Waals surface area contributed by atoms with Crippen LogP contribution in [0.5, 0.6) is 0 Å². The molecule has 1 nitrogen and oxygen atoms in total. The summed E-state index contributed by atoms with van der Waals surface area (Å²) in [4.78, 5) is 0. The zero-order valence-corrected chi connectivity index (χ0v) is 9.34. The molecular formula is C11H14BrN. The number of hydrogen-bond donors (Lipinski definition) is 1. The quantitative estimate of drug-likeness (QED) is 0.855. The van der Waals surface area contributed by atoms with E-state index >= 15 is 0 Å². The second-order valence-electron chi connectivity index (χ2n) is 3.68. The summed E-state index contributed by atoms with van der Waals surface area (Å²) in [5, 5.41) is 3.58. The van der Waals surface area contributed by atoms with Crippen molar-refractivity contribution in [1.29, 1.82) is 0 Å². The fourth-order valence-corrected chi connectivity index (χ4v) is 2.15. The van der Waals surface area contributed by atoms with Crippen molar-refractivity contribution in [1.82, 2.24) is 5.32 Å². The molecule has 0 aliphatic heterocycles. The topological polar surface area (TPSA) is 12.0 Å². The van der Waals surface area contributed by atoms with Crippen LogP contribution in [0.1, 0.15) is 31.4 Å². The summed E-state index contributed by atoms with van der Waals surface area (Å²) < 4.78 is 1.20. The van der Waals surface area contributed by atoms with E-state index in [2.05, 4.69) is 52.4 Å². The molecule has 1 aromatic carbocycles. The van der Waals surface area contributed by atoms with E-state index in [-0.39, 0.29) is 0 Å². The van der Waals surface area contributed by atoms with Gasteiger partial charge >= 0.3 is 0 Å². The number of rotatable bonds is 3. The summed E-state index contributed by atoms with van der Waals surface area (Å²) in [5.74, 6) is 0. The Labute approximate surface area is 87.7 Å². The van der Waals surface area contributed by atoms with Crippen molar-refractivity contribution in [2.75, 3.05) is 0 Å². The molecule has 1 aliphatic rings. The first kappa shape index (κ1) is 9.22. The van der Waals surface area contributed by atoms with Gasteiger partial charge in [0.25, 0.3) is 0 Å². The van der Waals surface area contributed by atoms with Crippen molar-refractivity contribution >= 4 is 15.9 Å². The molecule has 1 aliphatic carbocycles. The highest BCUT2D eigenvalue weighted by Crippen LogP contribution is 2.27. The Balaban J connectivity index is 2.09. The molecule has 1 atom stereocenters. The van der Waals surface area contributed by atoms with Crippen LogP contribution in [0, 0.1) is 0 Å². The van der Waals surface area contributed by atoms with E-state index < -0.39 is 0 Å². The Bertz CT molecular complexity index is 294. The van der Waals surface area contributed by atoms with Crippen molar-refractivity contribution in [2.45, 2.75) is 31.8 Å². The van der Waals surface area contributed by atoms with Gasteiger partial charge in [0.05, 0.1) is 0 Å². The van der Waals surface area contributed by atoms with Gasteiger partial charge in [-0.15, -0.1) is 0 Å². The third-order valence-electron chi connectivity index (χ3n) is 2.43. The molecule has 0 bridgehead atoms. The summed E-state index contributed by atoms with van der Waals surface area (Å²) in [7, 11) is 0. The summed E-state index contributed by atoms with van der Waals surface area (Å²) in [6.45, 7) is 2.22. The Morgan fingerprint density at radius 1 is 1.38 bits per heavy atom. The van der Waals surface area contributed by atoms with E-state index in [9.17, 15) is 0 Å². The van der Waals surface area contributed by atoms with Gasteiger partial charge in [0, 0.05) is 16.6 Å². The minimum atomic E-state index is 0.461. The van der Waals surface area contributed by atoms with Gasteiger partial charge in [0.15, 0.2) is 0 Å². The Hall–Kier alpha value is -0.340. The first-order valence-corrected chi connectivity index (χ1v) is 5.57. The molecule has 1 fully saturated rings. The van der Waals surface area contributed by atoms with E-state index in [0.29, 0.717) is 6.04 Å². The first-order chi connectivity index (χ1) is 6.27. The lowest BCUT2D eigenvalue weighted by atomic mass is 10.1. The molecule has 0 radical (unpaired) electrons. The predicted molar refractivity (Wildman–Crippen MR) is 58.7 cm³/mol. The predicted octanol–water partition coefficient (Wildman–Crippen LogP) is 3.26. The third kappa shape index (κ3) is 2.32. The molecular weight excluding hydrogens is 226 g/mol. The van der Waals surface area contributed by atoms with Gasteiger partial charge in [0.2, 0.25) is 0 Å². The molecule has 0 spiro atoms. The maximum Gasteiger partial charge on any atom is 0.0305 e. The lowest BCUT2D eigenvalue weighted by Gasteiger charge is -2.14. The molecule has 2 heteroatoms.